The van der Waals surface area contributed by atoms with Gasteiger partial charge in [-0.3, -0.25) is 0 Å². The van der Waals surface area contributed by atoms with Crippen LogP contribution in [0.3, 0.4) is 0 Å². The molecule has 0 heterocycles. The number of carbonyl (C=O) groups excluding carboxylic acids is 1. The van der Waals surface area contributed by atoms with E-state index in [4.69, 9.17) is 0 Å². The van der Waals surface area contributed by atoms with Gasteiger partial charge in [0, 0.05) is 11.2 Å². The molecule has 88 valence electrons. The zero-order chi connectivity index (χ0) is 12.3. The average Bonchev–Trinajstić information content (AvgIpc) is 2.08. The van der Waals surface area contributed by atoms with Crippen LogP contribution in [0.2, 0.25) is 0 Å². The number of amides is 2. The van der Waals surface area contributed by atoms with Gasteiger partial charge in [-0.1, -0.05) is 6.07 Å². The fraction of sp³-hybridized carbons (Fsp3) is 0.462. The number of urea groups is 1. The largest absolute Gasteiger partial charge is 0.333 e. The predicted octanol–water partition coefficient (Wildman–Crippen LogP) is 3.22. The van der Waals surface area contributed by atoms with Gasteiger partial charge < -0.3 is 10.6 Å². The van der Waals surface area contributed by atoms with Gasteiger partial charge in [0.15, 0.2) is 0 Å². The molecule has 1 aromatic rings. The molecule has 0 aliphatic carbocycles. The first-order chi connectivity index (χ1) is 7.28. The monoisotopic (exact) mass is 220 g/mol. The maximum absolute atomic E-state index is 11.6. The number of rotatable bonds is 1. The summed E-state index contributed by atoms with van der Waals surface area (Å²) in [5.74, 6) is 0. The third-order valence-electron chi connectivity index (χ3n) is 2.25. The van der Waals surface area contributed by atoms with Crippen LogP contribution in [0.5, 0.6) is 0 Å². The van der Waals surface area contributed by atoms with Crippen LogP contribution in [0.15, 0.2) is 18.2 Å². The summed E-state index contributed by atoms with van der Waals surface area (Å²) in [6.07, 6.45) is 0. The van der Waals surface area contributed by atoms with Crippen molar-refractivity contribution in [1.82, 2.24) is 5.32 Å². The Morgan fingerprint density at radius 2 is 1.75 bits per heavy atom. The van der Waals surface area contributed by atoms with Crippen LogP contribution in [-0.2, 0) is 0 Å². The van der Waals surface area contributed by atoms with Crippen molar-refractivity contribution >= 4 is 11.7 Å². The van der Waals surface area contributed by atoms with Gasteiger partial charge in [0.2, 0.25) is 0 Å². The summed E-state index contributed by atoms with van der Waals surface area (Å²) < 4.78 is 0. The third kappa shape index (κ3) is 3.93. The van der Waals surface area contributed by atoms with Crippen LogP contribution in [0.25, 0.3) is 0 Å². The Balaban J connectivity index is 2.67. The quantitative estimate of drug-likeness (QED) is 0.749. The highest BCUT2D eigenvalue weighted by Crippen LogP contribution is 2.14. The third-order valence-corrected chi connectivity index (χ3v) is 2.25. The summed E-state index contributed by atoms with van der Waals surface area (Å²) in [6.45, 7) is 9.93. The van der Waals surface area contributed by atoms with Gasteiger partial charge in [-0.15, -0.1) is 0 Å². The van der Waals surface area contributed by atoms with Gasteiger partial charge in [0.25, 0.3) is 0 Å². The number of benzene rings is 1. The molecule has 0 unspecified atom stereocenters. The second-order valence-corrected chi connectivity index (χ2v) is 5.13. The number of hydrogen-bond donors (Lipinski definition) is 2. The highest BCUT2D eigenvalue weighted by molar-refractivity contribution is 5.89. The maximum Gasteiger partial charge on any atom is 0.319 e. The van der Waals surface area contributed by atoms with Crippen LogP contribution in [0, 0.1) is 13.8 Å². The number of nitrogens with one attached hydrogen (secondary N) is 2. The zero-order valence-corrected chi connectivity index (χ0v) is 10.6. The van der Waals surface area contributed by atoms with E-state index in [9.17, 15) is 4.79 Å². The van der Waals surface area contributed by atoms with E-state index < -0.39 is 0 Å². The number of aryl methyl sites for hydroxylation is 2. The summed E-state index contributed by atoms with van der Waals surface area (Å²) in [5.41, 5.74) is 3.00. The minimum absolute atomic E-state index is 0.171. The fourth-order valence-electron chi connectivity index (χ4n) is 1.32. The molecule has 0 aliphatic rings. The number of hydrogen-bond acceptors (Lipinski definition) is 1. The van der Waals surface area contributed by atoms with Gasteiger partial charge in [0.1, 0.15) is 0 Å². The second-order valence-electron chi connectivity index (χ2n) is 5.13. The summed E-state index contributed by atoms with van der Waals surface area (Å²) in [7, 11) is 0. The van der Waals surface area contributed by atoms with Crippen molar-refractivity contribution in [3.05, 3.63) is 29.3 Å². The Hall–Kier alpha value is -1.51. The first-order valence-corrected chi connectivity index (χ1v) is 5.44. The van der Waals surface area contributed by atoms with E-state index >= 15 is 0 Å². The summed E-state index contributed by atoms with van der Waals surface area (Å²) in [6, 6.07) is 5.71. The molecule has 16 heavy (non-hydrogen) atoms. The first-order valence-electron chi connectivity index (χ1n) is 5.44. The first kappa shape index (κ1) is 12.6. The second kappa shape index (κ2) is 4.56. The maximum atomic E-state index is 11.6. The Morgan fingerprint density at radius 1 is 1.12 bits per heavy atom. The van der Waals surface area contributed by atoms with Crippen molar-refractivity contribution in [3.8, 4) is 0 Å². The van der Waals surface area contributed by atoms with Crippen LogP contribution in [0.1, 0.15) is 31.9 Å². The zero-order valence-electron chi connectivity index (χ0n) is 10.6. The normalized spacial score (nSPS) is 11.1. The van der Waals surface area contributed by atoms with Crippen molar-refractivity contribution in [2.24, 2.45) is 0 Å². The van der Waals surface area contributed by atoms with Gasteiger partial charge in [0.05, 0.1) is 0 Å². The summed E-state index contributed by atoms with van der Waals surface area (Å²) in [4.78, 5) is 11.6. The lowest BCUT2D eigenvalue weighted by molar-refractivity contribution is 0.244. The van der Waals surface area contributed by atoms with Crippen molar-refractivity contribution in [2.75, 3.05) is 5.32 Å². The lowest BCUT2D eigenvalue weighted by Crippen LogP contribution is -2.43. The number of carbonyl (C=O) groups is 1. The lowest BCUT2D eigenvalue weighted by Gasteiger charge is -2.20. The van der Waals surface area contributed by atoms with Crippen LogP contribution < -0.4 is 10.6 Å². The average molecular weight is 220 g/mol. The minimum Gasteiger partial charge on any atom is -0.333 e. The Kier molecular flexibility index (Phi) is 3.58. The molecule has 0 bridgehead atoms. The molecule has 0 saturated carbocycles. The molecule has 3 nitrogen and oxygen atoms in total. The molecule has 3 heteroatoms. The van der Waals surface area contributed by atoms with Gasteiger partial charge in [-0.2, -0.15) is 0 Å². The van der Waals surface area contributed by atoms with Crippen molar-refractivity contribution in [2.45, 2.75) is 40.2 Å². The molecule has 2 amide bonds. The molecule has 0 spiro atoms. The smallest absolute Gasteiger partial charge is 0.319 e. The van der Waals surface area contributed by atoms with Crippen LogP contribution in [-0.4, -0.2) is 11.6 Å². The molecule has 0 aliphatic heterocycles. The molecule has 0 fully saturated rings. The minimum atomic E-state index is -0.218. The molecule has 0 saturated heterocycles. The standard InChI is InChI=1S/C13H20N2O/c1-9-6-7-11(8-10(9)2)14-12(16)15-13(3,4)5/h6-8H,1-5H3,(H2,14,15,16). The van der Waals surface area contributed by atoms with E-state index in [1.54, 1.807) is 0 Å². The van der Waals surface area contributed by atoms with E-state index in [1.807, 2.05) is 52.8 Å². The molecular weight excluding hydrogens is 200 g/mol. The molecule has 2 N–H and O–H groups in total. The van der Waals surface area contributed by atoms with Gasteiger partial charge in [-0.05, 0) is 57.9 Å². The number of anilines is 1. The Bertz CT molecular complexity index is 391. The highest BCUT2D eigenvalue weighted by Gasteiger charge is 2.13. The Labute approximate surface area is 97.2 Å². The topological polar surface area (TPSA) is 41.1 Å². The lowest BCUT2D eigenvalue weighted by atomic mass is 10.1. The van der Waals surface area contributed by atoms with E-state index in [0.717, 1.165) is 5.69 Å². The summed E-state index contributed by atoms with van der Waals surface area (Å²) >= 11 is 0. The molecule has 1 rings (SSSR count). The van der Waals surface area contributed by atoms with Crippen molar-refractivity contribution < 1.29 is 4.79 Å². The molecular formula is C13H20N2O. The molecule has 0 aromatic heterocycles. The van der Waals surface area contributed by atoms with Gasteiger partial charge >= 0.3 is 6.03 Å². The SMILES string of the molecule is Cc1ccc(NC(=O)NC(C)(C)C)cc1C. The fourth-order valence-corrected chi connectivity index (χ4v) is 1.32. The van der Waals surface area contributed by atoms with Crippen LogP contribution in [0.4, 0.5) is 10.5 Å². The van der Waals surface area contributed by atoms with Crippen LogP contribution >= 0.6 is 0 Å². The van der Waals surface area contributed by atoms with E-state index in [2.05, 4.69) is 10.6 Å². The Morgan fingerprint density at radius 3 is 2.25 bits per heavy atom. The van der Waals surface area contributed by atoms with E-state index in [1.165, 1.54) is 11.1 Å². The van der Waals surface area contributed by atoms with Crippen molar-refractivity contribution in [1.29, 1.82) is 0 Å². The summed E-state index contributed by atoms with van der Waals surface area (Å²) in [5, 5.41) is 5.67. The highest BCUT2D eigenvalue weighted by atomic mass is 16.2. The molecule has 0 radical (unpaired) electrons. The molecule has 1 aromatic carbocycles. The van der Waals surface area contributed by atoms with Crippen molar-refractivity contribution in [3.63, 3.8) is 0 Å². The van der Waals surface area contributed by atoms with E-state index in [0.29, 0.717) is 0 Å². The predicted molar refractivity (Wildman–Crippen MR) is 67.8 cm³/mol. The van der Waals surface area contributed by atoms with Gasteiger partial charge in [-0.25, -0.2) is 4.79 Å². The van der Waals surface area contributed by atoms with E-state index in [-0.39, 0.29) is 11.6 Å². The molecule has 0 atom stereocenters.